The van der Waals surface area contributed by atoms with Crippen LogP contribution in [0.3, 0.4) is 0 Å². The SMILES string of the molecule is CC1CCC(C(C)C)C(OC(=O)CSc2nnc(C(F)(F)F)n2N)C1. The van der Waals surface area contributed by atoms with Crippen molar-refractivity contribution in [3.8, 4) is 0 Å². The molecule has 1 aliphatic rings. The van der Waals surface area contributed by atoms with Gasteiger partial charge >= 0.3 is 12.1 Å². The first-order chi connectivity index (χ1) is 11.6. The van der Waals surface area contributed by atoms with Gasteiger partial charge in [0.15, 0.2) is 0 Å². The first-order valence-corrected chi connectivity index (χ1v) is 9.18. The molecule has 1 heterocycles. The zero-order valence-electron chi connectivity index (χ0n) is 14.4. The maximum absolute atomic E-state index is 12.6. The lowest BCUT2D eigenvalue weighted by molar-refractivity contribution is -0.152. The number of carbonyl (C=O) groups is 1. The van der Waals surface area contributed by atoms with Gasteiger partial charge in [0.2, 0.25) is 5.16 Å². The molecule has 0 radical (unpaired) electrons. The molecule has 10 heteroatoms. The van der Waals surface area contributed by atoms with Crippen LogP contribution in [0.25, 0.3) is 0 Å². The summed E-state index contributed by atoms with van der Waals surface area (Å²) in [6.07, 6.45) is -1.91. The van der Waals surface area contributed by atoms with E-state index in [-0.39, 0.29) is 17.0 Å². The maximum Gasteiger partial charge on any atom is 0.453 e. The Kier molecular flexibility index (Phi) is 6.23. The summed E-state index contributed by atoms with van der Waals surface area (Å²) in [5.74, 6) is 4.59. The van der Waals surface area contributed by atoms with Crippen molar-refractivity contribution >= 4 is 17.7 Å². The van der Waals surface area contributed by atoms with Crippen LogP contribution in [0.1, 0.15) is 45.9 Å². The number of alkyl halides is 3. The van der Waals surface area contributed by atoms with Crippen molar-refractivity contribution in [1.82, 2.24) is 14.9 Å². The van der Waals surface area contributed by atoms with E-state index in [1.807, 2.05) is 0 Å². The van der Waals surface area contributed by atoms with Gasteiger partial charge in [-0.05, 0) is 30.6 Å². The highest BCUT2D eigenvalue weighted by Gasteiger charge is 2.38. The minimum absolute atomic E-state index is 0.154. The quantitative estimate of drug-likeness (QED) is 0.480. The van der Waals surface area contributed by atoms with Gasteiger partial charge in [0.25, 0.3) is 5.82 Å². The van der Waals surface area contributed by atoms with Crippen LogP contribution in [0.15, 0.2) is 5.16 Å². The van der Waals surface area contributed by atoms with E-state index < -0.39 is 18.0 Å². The zero-order valence-corrected chi connectivity index (χ0v) is 15.2. The minimum atomic E-state index is -4.69. The van der Waals surface area contributed by atoms with Gasteiger partial charge in [-0.1, -0.05) is 39.0 Å². The number of nitrogens with zero attached hydrogens (tertiary/aromatic N) is 3. The Balaban J connectivity index is 1.93. The number of thioether (sulfide) groups is 1. The van der Waals surface area contributed by atoms with Gasteiger partial charge in [-0.2, -0.15) is 13.2 Å². The molecule has 1 aliphatic carbocycles. The molecule has 0 aromatic carbocycles. The molecule has 3 unspecified atom stereocenters. The number of rotatable bonds is 5. The third-order valence-electron chi connectivity index (χ3n) is 4.48. The van der Waals surface area contributed by atoms with Crippen molar-refractivity contribution in [3.63, 3.8) is 0 Å². The van der Waals surface area contributed by atoms with Crippen LogP contribution in [0.4, 0.5) is 13.2 Å². The number of nitrogen functional groups attached to an aromatic ring is 1. The van der Waals surface area contributed by atoms with Crippen LogP contribution in [0.5, 0.6) is 0 Å². The van der Waals surface area contributed by atoms with Gasteiger partial charge in [-0.3, -0.25) is 4.79 Å². The Bertz CT molecular complexity index is 606. The molecule has 3 atom stereocenters. The fraction of sp³-hybridized carbons (Fsp3) is 0.800. The second-order valence-electron chi connectivity index (χ2n) is 6.82. The van der Waals surface area contributed by atoms with Crippen LogP contribution in [0.2, 0.25) is 0 Å². The number of hydrogen-bond donors (Lipinski definition) is 1. The Hall–Kier alpha value is -1.45. The Morgan fingerprint density at radius 3 is 2.64 bits per heavy atom. The summed E-state index contributed by atoms with van der Waals surface area (Å²) < 4.78 is 43.8. The standard InChI is InChI=1S/C15H23F3N4O2S/c1-8(2)10-5-4-9(3)6-11(10)24-12(23)7-25-14-21-20-13(22(14)19)15(16,17)18/h8-11H,4-7,19H2,1-3H3. The second-order valence-corrected chi connectivity index (χ2v) is 7.76. The molecular weight excluding hydrogens is 357 g/mol. The number of ether oxygens (including phenoxy) is 1. The van der Waals surface area contributed by atoms with Gasteiger partial charge in [-0.15, -0.1) is 10.2 Å². The third kappa shape index (κ3) is 5.02. The molecule has 0 saturated heterocycles. The number of carbonyl (C=O) groups excluding carboxylic acids is 1. The van der Waals surface area contributed by atoms with Gasteiger partial charge in [0.1, 0.15) is 6.10 Å². The molecule has 0 bridgehead atoms. The fourth-order valence-electron chi connectivity index (χ4n) is 3.15. The number of esters is 1. The van der Waals surface area contributed by atoms with Crippen molar-refractivity contribution in [2.45, 2.75) is 57.5 Å². The van der Waals surface area contributed by atoms with E-state index in [4.69, 9.17) is 10.6 Å². The molecule has 0 spiro atoms. The van der Waals surface area contributed by atoms with E-state index in [1.165, 1.54) is 0 Å². The number of aromatic nitrogens is 3. The number of nitrogens with two attached hydrogens (primary N) is 1. The van der Waals surface area contributed by atoms with Crippen molar-refractivity contribution in [1.29, 1.82) is 0 Å². The first-order valence-electron chi connectivity index (χ1n) is 8.19. The molecule has 1 aromatic heterocycles. The third-order valence-corrected chi connectivity index (χ3v) is 5.40. The van der Waals surface area contributed by atoms with E-state index in [0.29, 0.717) is 22.4 Å². The lowest BCUT2D eigenvalue weighted by Crippen LogP contribution is -2.36. The molecule has 2 N–H and O–H groups in total. The van der Waals surface area contributed by atoms with Crippen LogP contribution in [-0.4, -0.2) is 32.7 Å². The molecule has 6 nitrogen and oxygen atoms in total. The van der Waals surface area contributed by atoms with Gasteiger partial charge in [-0.25, -0.2) is 4.68 Å². The molecule has 1 aromatic rings. The summed E-state index contributed by atoms with van der Waals surface area (Å²) in [6.45, 7) is 6.33. The molecule has 0 aliphatic heterocycles. The molecule has 2 rings (SSSR count). The summed E-state index contributed by atoms with van der Waals surface area (Å²) in [6, 6.07) is 0. The normalized spacial score (nSPS) is 24.5. The van der Waals surface area contributed by atoms with Crippen LogP contribution in [-0.2, 0) is 15.7 Å². The first kappa shape index (κ1) is 19.9. The summed E-state index contributed by atoms with van der Waals surface area (Å²) in [5, 5.41) is 6.22. The van der Waals surface area contributed by atoms with E-state index >= 15 is 0 Å². The summed E-state index contributed by atoms with van der Waals surface area (Å²) in [5.41, 5.74) is 0. The predicted octanol–water partition coefficient (Wildman–Crippen LogP) is 3.11. The fourth-order valence-corrected chi connectivity index (χ4v) is 3.78. The Morgan fingerprint density at radius 1 is 1.40 bits per heavy atom. The largest absolute Gasteiger partial charge is 0.461 e. The Labute approximate surface area is 148 Å². The Morgan fingerprint density at radius 2 is 2.08 bits per heavy atom. The van der Waals surface area contributed by atoms with Crippen LogP contribution in [0, 0.1) is 17.8 Å². The topological polar surface area (TPSA) is 83.0 Å². The lowest BCUT2D eigenvalue weighted by Gasteiger charge is -2.36. The average Bonchev–Trinajstić information content (AvgIpc) is 2.86. The molecule has 142 valence electrons. The molecule has 0 amide bonds. The molecule has 25 heavy (non-hydrogen) atoms. The molecule has 1 saturated carbocycles. The molecular formula is C15H23F3N4O2S. The molecule has 1 fully saturated rings. The van der Waals surface area contributed by atoms with E-state index in [0.717, 1.165) is 31.0 Å². The van der Waals surface area contributed by atoms with Crippen LogP contribution < -0.4 is 5.84 Å². The van der Waals surface area contributed by atoms with E-state index in [9.17, 15) is 18.0 Å². The summed E-state index contributed by atoms with van der Waals surface area (Å²) >= 11 is 0.781. The predicted molar refractivity (Wildman–Crippen MR) is 87.1 cm³/mol. The summed E-state index contributed by atoms with van der Waals surface area (Å²) in [4.78, 5) is 12.1. The number of hydrogen-bond acceptors (Lipinski definition) is 6. The zero-order chi connectivity index (χ0) is 18.8. The monoisotopic (exact) mass is 380 g/mol. The smallest absolute Gasteiger partial charge is 0.453 e. The summed E-state index contributed by atoms with van der Waals surface area (Å²) in [7, 11) is 0. The number of halogens is 3. The average molecular weight is 380 g/mol. The lowest BCUT2D eigenvalue weighted by atomic mass is 9.75. The van der Waals surface area contributed by atoms with E-state index in [1.54, 1.807) is 0 Å². The van der Waals surface area contributed by atoms with Gasteiger partial charge < -0.3 is 10.6 Å². The van der Waals surface area contributed by atoms with Gasteiger partial charge in [0.05, 0.1) is 5.75 Å². The van der Waals surface area contributed by atoms with E-state index in [2.05, 4.69) is 31.0 Å². The highest BCUT2D eigenvalue weighted by atomic mass is 32.2. The van der Waals surface area contributed by atoms with Crippen molar-refractivity contribution in [2.24, 2.45) is 17.8 Å². The minimum Gasteiger partial charge on any atom is -0.461 e. The van der Waals surface area contributed by atoms with Crippen molar-refractivity contribution < 1.29 is 22.7 Å². The van der Waals surface area contributed by atoms with Crippen molar-refractivity contribution in [2.75, 3.05) is 11.6 Å². The van der Waals surface area contributed by atoms with Crippen LogP contribution >= 0.6 is 11.8 Å². The second kappa shape index (κ2) is 7.84. The highest BCUT2D eigenvalue weighted by molar-refractivity contribution is 7.99. The van der Waals surface area contributed by atoms with Crippen molar-refractivity contribution in [3.05, 3.63) is 5.82 Å². The highest BCUT2D eigenvalue weighted by Crippen LogP contribution is 2.35. The maximum atomic E-state index is 12.6. The van der Waals surface area contributed by atoms with Gasteiger partial charge in [0, 0.05) is 0 Å².